The van der Waals surface area contributed by atoms with E-state index in [4.69, 9.17) is 0 Å². The van der Waals surface area contributed by atoms with E-state index < -0.39 is 38.6 Å². The van der Waals surface area contributed by atoms with Crippen LogP contribution in [0.1, 0.15) is 69.9 Å². The van der Waals surface area contributed by atoms with E-state index in [-0.39, 0.29) is 29.0 Å². The molecule has 0 heterocycles. The van der Waals surface area contributed by atoms with Gasteiger partial charge in [0.15, 0.2) is 0 Å². The van der Waals surface area contributed by atoms with Crippen LogP contribution in [-0.4, -0.2) is 51.3 Å². The van der Waals surface area contributed by atoms with Crippen molar-refractivity contribution < 1.29 is 44.0 Å². The standard InChI is InChI=1S/C24H34N2O9P2/c1-5-18(15-7-10-17(27)11-8-15)19(6-2)16-9-12-21(28)20(13-16)25-22(29)14-24(3,4)26-23(36(30,31)32)37(33,34)35/h7-13,18-19,30-32H,5-6,14H2,1-4H3,(H4-,25,26,27,28,29,33,34,35)/p+1. The molecule has 204 valence electrons. The first kappa shape index (κ1) is 30.9. The predicted molar refractivity (Wildman–Crippen MR) is 143 cm³/mol. The van der Waals surface area contributed by atoms with Crippen molar-refractivity contribution in [1.29, 1.82) is 0 Å². The molecule has 11 nitrogen and oxygen atoms in total. The van der Waals surface area contributed by atoms with Crippen molar-refractivity contribution in [1.82, 2.24) is 0 Å². The van der Waals surface area contributed by atoms with Gasteiger partial charge in [0.2, 0.25) is 5.91 Å². The number of nitrogens with zero attached hydrogens (tertiary/aromatic N) is 1. The Labute approximate surface area is 216 Å². The third kappa shape index (κ3) is 8.58. The van der Waals surface area contributed by atoms with Crippen LogP contribution in [0.15, 0.2) is 47.5 Å². The Bertz CT molecular complexity index is 1170. The number of phenols is 2. The SMILES string of the molecule is CCC(c1ccc(O)cc1)C(CC)c1ccc(O)c(NC(=O)CC(C)(C)N=C(P(=O)(O)O)[P+](O)(O)O)c1. The molecule has 0 radical (unpaired) electrons. The van der Waals surface area contributed by atoms with E-state index in [1.54, 1.807) is 24.3 Å². The van der Waals surface area contributed by atoms with Crippen LogP contribution in [0.4, 0.5) is 5.69 Å². The molecule has 0 spiro atoms. The fraction of sp³-hybridized carbons (Fsp3) is 0.417. The van der Waals surface area contributed by atoms with Gasteiger partial charge in [0, 0.05) is 0 Å². The zero-order valence-corrected chi connectivity index (χ0v) is 22.9. The number of nitrogens with one attached hydrogen (secondary N) is 1. The number of aliphatic imine (C=N–C) groups is 1. The Kier molecular flexibility index (Phi) is 10.0. The summed E-state index contributed by atoms with van der Waals surface area (Å²) in [7, 11) is -10.4. The van der Waals surface area contributed by atoms with Crippen molar-refractivity contribution in [2.75, 3.05) is 5.32 Å². The molecule has 0 saturated carbocycles. The third-order valence-electron chi connectivity index (χ3n) is 5.93. The topological polar surface area (TPSA) is 200 Å². The fourth-order valence-electron chi connectivity index (χ4n) is 4.32. The van der Waals surface area contributed by atoms with E-state index in [9.17, 15) is 44.0 Å². The van der Waals surface area contributed by atoms with Crippen LogP contribution in [0, 0.1) is 0 Å². The van der Waals surface area contributed by atoms with Gasteiger partial charge in [-0.15, -0.1) is 0 Å². The van der Waals surface area contributed by atoms with E-state index >= 15 is 0 Å². The number of rotatable bonds is 11. The first-order valence-corrected chi connectivity index (χ1v) is 14.9. The monoisotopic (exact) mass is 557 g/mol. The van der Waals surface area contributed by atoms with Crippen LogP contribution in [0.3, 0.4) is 0 Å². The highest BCUT2D eigenvalue weighted by Crippen LogP contribution is 2.61. The molecule has 0 aliphatic heterocycles. The van der Waals surface area contributed by atoms with Gasteiger partial charge in [-0.2, -0.15) is 14.7 Å². The van der Waals surface area contributed by atoms with E-state index in [1.807, 2.05) is 19.1 Å². The van der Waals surface area contributed by atoms with Crippen molar-refractivity contribution >= 4 is 32.3 Å². The van der Waals surface area contributed by atoms with Crippen molar-refractivity contribution in [3.63, 3.8) is 0 Å². The largest absolute Gasteiger partial charge is 0.508 e. The van der Waals surface area contributed by atoms with Gasteiger partial charge in [0.1, 0.15) is 11.5 Å². The first-order valence-electron chi connectivity index (χ1n) is 11.6. The molecular weight excluding hydrogens is 522 g/mol. The van der Waals surface area contributed by atoms with Crippen molar-refractivity contribution in [3.05, 3.63) is 53.6 Å². The second-order valence-corrected chi connectivity index (χ2v) is 12.9. The number of benzene rings is 2. The molecule has 37 heavy (non-hydrogen) atoms. The molecule has 2 unspecified atom stereocenters. The summed E-state index contributed by atoms with van der Waals surface area (Å²) < 4.78 is 11.6. The van der Waals surface area contributed by atoms with E-state index in [0.717, 1.165) is 24.0 Å². The third-order valence-corrected chi connectivity index (χ3v) is 8.78. The van der Waals surface area contributed by atoms with Gasteiger partial charge in [-0.25, -0.2) is 9.56 Å². The fourth-order valence-corrected chi connectivity index (χ4v) is 6.52. The molecule has 2 rings (SSSR count). The predicted octanol–water partition coefficient (Wildman–Crippen LogP) is 4.17. The number of phenolic OH excluding ortho intramolecular Hbond substituents is 2. The summed E-state index contributed by atoms with van der Waals surface area (Å²) >= 11 is 0. The maximum absolute atomic E-state index is 12.8. The molecule has 0 aliphatic rings. The molecular formula is C24H35N2O9P2+. The zero-order chi connectivity index (χ0) is 28.2. The number of anilines is 1. The molecule has 0 fully saturated rings. The summed E-state index contributed by atoms with van der Waals surface area (Å²) in [6.07, 6.45) is 1.12. The van der Waals surface area contributed by atoms with E-state index in [2.05, 4.69) is 17.2 Å². The molecule has 0 aromatic heterocycles. The first-order chi connectivity index (χ1) is 17.0. The minimum atomic E-state index is -5.31. The maximum atomic E-state index is 12.8. The van der Waals surface area contributed by atoms with Gasteiger partial charge >= 0.3 is 20.7 Å². The summed E-state index contributed by atoms with van der Waals surface area (Å²) in [4.78, 5) is 63.2. The summed E-state index contributed by atoms with van der Waals surface area (Å²) in [5, 5.41) is 21.1. The van der Waals surface area contributed by atoms with Gasteiger partial charge in [0.05, 0.1) is 17.6 Å². The average molecular weight is 557 g/mol. The number of carbonyl (C=O) groups is 1. The lowest BCUT2D eigenvalue weighted by Crippen LogP contribution is -2.28. The Morgan fingerprint density at radius 3 is 1.97 bits per heavy atom. The summed E-state index contributed by atoms with van der Waals surface area (Å²) in [5.74, 6) is -0.535. The van der Waals surface area contributed by atoms with Crippen LogP contribution in [-0.2, 0) is 9.36 Å². The molecule has 8 N–H and O–H groups in total. The lowest BCUT2D eigenvalue weighted by molar-refractivity contribution is -0.117. The van der Waals surface area contributed by atoms with Crippen molar-refractivity contribution in [3.8, 4) is 11.5 Å². The second-order valence-electron chi connectivity index (χ2n) is 9.46. The summed E-state index contributed by atoms with van der Waals surface area (Å²) in [6.45, 7) is 6.74. The molecule has 13 heteroatoms. The van der Waals surface area contributed by atoms with Crippen LogP contribution >= 0.6 is 15.5 Å². The molecule has 2 aromatic rings. The normalized spacial score (nSPS) is 14.8. The van der Waals surface area contributed by atoms with Crippen LogP contribution < -0.4 is 5.32 Å². The van der Waals surface area contributed by atoms with Gasteiger partial charge in [-0.1, -0.05) is 32.0 Å². The van der Waals surface area contributed by atoms with Gasteiger partial charge < -0.3 is 25.3 Å². The number of hydrogen-bond acceptors (Lipinski definition) is 8. The van der Waals surface area contributed by atoms with Crippen molar-refractivity contribution in [2.45, 2.75) is 64.3 Å². The van der Waals surface area contributed by atoms with Crippen molar-refractivity contribution in [2.24, 2.45) is 4.99 Å². The Morgan fingerprint density at radius 2 is 1.49 bits per heavy atom. The van der Waals surface area contributed by atoms with E-state index in [1.165, 1.54) is 19.9 Å². The van der Waals surface area contributed by atoms with Crippen LogP contribution in [0.5, 0.6) is 11.5 Å². The Hall–Kier alpha value is -2.36. The minimum absolute atomic E-state index is 0.0356. The highest BCUT2D eigenvalue weighted by molar-refractivity contribution is 8.00. The van der Waals surface area contributed by atoms with Gasteiger partial charge in [-0.05, 0) is 73.9 Å². The Balaban J connectivity index is 2.31. The number of hydrogen-bond donors (Lipinski definition) is 8. The molecule has 2 atom stereocenters. The molecule has 0 aliphatic carbocycles. The highest BCUT2D eigenvalue weighted by atomic mass is 31.3. The quantitative estimate of drug-likeness (QED) is 0.113. The maximum Gasteiger partial charge on any atom is 0.469 e. The van der Waals surface area contributed by atoms with Crippen LogP contribution in [0.2, 0.25) is 0 Å². The van der Waals surface area contributed by atoms with Gasteiger partial charge in [0.25, 0.3) is 0 Å². The molecule has 2 aromatic carbocycles. The number of aromatic hydroxyl groups is 2. The molecule has 0 bridgehead atoms. The number of carbonyl (C=O) groups excluding carboxylic acids is 1. The van der Waals surface area contributed by atoms with Gasteiger partial charge in [-0.3, -0.25) is 4.79 Å². The summed E-state index contributed by atoms with van der Waals surface area (Å²) in [5.41, 5.74) is 0.504. The second kappa shape index (κ2) is 12.0. The highest BCUT2D eigenvalue weighted by Gasteiger charge is 2.52. The molecule has 0 saturated heterocycles. The average Bonchev–Trinajstić information content (AvgIpc) is 2.76. The van der Waals surface area contributed by atoms with E-state index in [0.29, 0.717) is 0 Å². The number of amides is 1. The zero-order valence-electron chi connectivity index (χ0n) is 21.1. The smallest absolute Gasteiger partial charge is 0.469 e. The summed E-state index contributed by atoms with van der Waals surface area (Å²) in [6, 6.07) is 11.9. The minimum Gasteiger partial charge on any atom is -0.508 e. The molecule has 1 amide bonds. The lowest BCUT2D eigenvalue weighted by Gasteiger charge is -2.27. The lowest BCUT2D eigenvalue weighted by atomic mass is 9.78. The van der Waals surface area contributed by atoms with Crippen LogP contribution in [0.25, 0.3) is 0 Å². The Morgan fingerprint density at radius 1 is 0.973 bits per heavy atom.